The molecule has 1 saturated heterocycles. The molecule has 1 fully saturated rings. The standard InChI is InChI=1S/C20H23FN2O4S2/c1-27-17-5-7-18(8-6-17)28-14-9-20(24)22-10-12-23(13-11-22)29(25,26)19-4-2-3-16(21)15-19/h2-8,15H,9-14H2,1H3. The van der Waals surface area contributed by atoms with Gasteiger partial charge in [0.15, 0.2) is 0 Å². The first kappa shape index (κ1) is 21.6. The molecule has 2 aromatic rings. The van der Waals surface area contributed by atoms with E-state index in [1.165, 1.54) is 22.5 Å². The SMILES string of the molecule is COc1ccc(SCCC(=O)N2CCN(S(=O)(=O)c3cccc(F)c3)CC2)cc1. The molecule has 9 heteroatoms. The molecule has 6 nitrogen and oxygen atoms in total. The predicted molar refractivity (Wildman–Crippen MR) is 110 cm³/mol. The Morgan fingerprint density at radius 2 is 1.79 bits per heavy atom. The first-order chi connectivity index (χ1) is 13.9. The van der Waals surface area contributed by atoms with Crippen LogP contribution in [0.5, 0.6) is 5.75 Å². The minimum absolute atomic E-state index is 0.00816. The number of hydrogen-bond acceptors (Lipinski definition) is 5. The third-order valence-electron chi connectivity index (χ3n) is 4.67. The lowest BCUT2D eigenvalue weighted by Crippen LogP contribution is -2.50. The van der Waals surface area contributed by atoms with Gasteiger partial charge < -0.3 is 9.64 Å². The maximum absolute atomic E-state index is 13.4. The Balaban J connectivity index is 1.47. The molecule has 156 valence electrons. The summed E-state index contributed by atoms with van der Waals surface area (Å²) in [5.41, 5.74) is 0. The van der Waals surface area contributed by atoms with Gasteiger partial charge in [-0.05, 0) is 42.5 Å². The first-order valence-electron chi connectivity index (χ1n) is 9.20. The van der Waals surface area contributed by atoms with Gasteiger partial charge >= 0.3 is 0 Å². The Hall–Kier alpha value is -2.10. The lowest BCUT2D eigenvalue weighted by Gasteiger charge is -2.34. The molecule has 0 aliphatic carbocycles. The molecule has 0 N–H and O–H groups in total. The number of methoxy groups -OCH3 is 1. The number of ether oxygens (including phenoxy) is 1. The molecule has 0 atom stereocenters. The highest BCUT2D eigenvalue weighted by Crippen LogP contribution is 2.23. The minimum Gasteiger partial charge on any atom is -0.497 e. The second-order valence-corrected chi connectivity index (χ2v) is 9.62. The topological polar surface area (TPSA) is 66.9 Å². The number of carbonyl (C=O) groups is 1. The molecule has 0 spiro atoms. The van der Waals surface area contributed by atoms with E-state index >= 15 is 0 Å². The Bertz CT molecular complexity index is 943. The number of piperazine rings is 1. The van der Waals surface area contributed by atoms with Crippen molar-refractivity contribution in [3.8, 4) is 5.75 Å². The van der Waals surface area contributed by atoms with Crippen molar-refractivity contribution in [1.82, 2.24) is 9.21 Å². The van der Waals surface area contributed by atoms with E-state index in [-0.39, 0.29) is 23.9 Å². The number of rotatable bonds is 7. The second-order valence-electron chi connectivity index (χ2n) is 6.52. The van der Waals surface area contributed by atoms with Crippen molar-refractivity contribution in [3.05, 3.63) is 54.3 Å². The second kappa shape index (κ2) is 9.60. The summed E-state index contributed by atoms with van der Waals surface area (Å²) in [6.07, 6.45) is 0.382. The number of halogens is 1. The highest BCUT2D eigenvalue weighted by molar-refractivity contribution is 7.99. The fourth-order valence-corrected chi connectivity index (χ4v) is 5.34. The van der Waals surface area contributed by atoms with E-state index in [1.807, 2.05) is 24.3 Å². The van der Waals surface area contributed by atoms with Gasteiger partial charge in [-0.3, -0.25) is 4.79 Å². The summed E-state index contributed by atoms with van der Waals surface area (Å²) in [6, 6.07) is 12.6. The summed E-state index contributed by atoms with van der Waals surface area (Å²) in [6.45, 7) is 1.08. The third-order valence-corrected chi connectivity index (χ3v) is 7.58. The monoisotopic (exact) mass is 438 g/mol. The quantitative estimate of drug-likeness (QED) is 0.622. The van der Waals surface area contributed by atoms with Gasteiger partial charge in [-0.2, -0.15) is 4.31 Å². The summed E-state index contributed by atoms with van der Waals surface area (Å²) >= 11 is 1.59. The van der Waals surface area contributed by atoms with E-state index in [2.05, 4.69) is 0 Å². The number of nitrogens with zero attached hydrogens (tertiary/aromatic N) is 2. The van der Waals surface area contributed by atoms with Crippen molar-refractivity contribution in [2.75, 3.05) is 39.0 Å². The predicted octanol–water partition coefficient (Wildman–Crippen LogP) is 2.85. The van der Waals surface area contributed by atoms with Crippen molar-refractivity contribution >= 4 is 27.7 Å². The van der Waals surface area contributed by atoms with Gasteiger partial charge in [0, 0.05) is 43.2 Å². The summed E-state index contributed by atoms with van der Waals surface area (Å²) in [4.78, 5) is 15.1. The maximum Gasteiger partial charge on any atom is 0.243 e. The van der Waals surface area contributed by atoms with Gasteiger partial charge in [0.2, 0.25) is 15.9 Å². The first-order valence-corrected chi connectivity index (χ1v) is 11.6. The van der Waals surface area contributed by atoms with Crippen LogP contribution in [0.4, 0.5) is 4.39 Å². The lowest BCUT2D eigenvalue weighted by molar-refractivity contribution is -0.131. The molecule has 0 bridgehead atoms. The van der Waals surface area contributed by atoms with E-state index in [1.54, 1.807) is 23.8 Å². The molecular weight excluding hydrogens is 415 g/mol. The van der Waals surface area contributed by atoms with Gasteiger partial charge in [-0.25, -0.2) is 12.8 Å². The molecule has 0 unspecified atom stereocenters. The van der Waals surface area contributed by atoms with E-state index in [0.29, 0.717) is 25.3 Å². The average molecular weight is 439 g/mol. The van der Waals surface area contributed by atoms with Crippen molar-refractivity contribution in [3.63, 3.8) is 0 Å². The zero-order valence-electron chi connectivity index (χ0n) is 16.1. The average Bonchev–Trinajstić information content (AvgIpc) is 2.74. The van der Waals surface area contributed by atoms with Crippen LogP contribution in [-0.4, -0.2) is 62.6 Å². The molecule has 1 aliphatic heterocycles. The largest absolute Gasteiger partial charge is 0.497 e. The molecule has 29 heavy (non-hydrogen) atoms. The van der Waals surface area contributed by atoms with E-state index in [0.717, 1.165) is 16.7 Å². The van der Waals surface area contributed by atoms with Crippen LogP contribution in [0.2, 0.25) is 0 Å². The summed E-state index contributed by atoms with van der Waals surface area (Å²) in [5, 5.41) is 0. The molecular formula is C20H23FN2O4S2. The minimum atomic E-state index is -3.75. The fraction of sp³-hybridized carbons (Fsp3) is 0.350. The van der Waals surface area contributed by atoms with E-state index < -0.39 is 15.8 Å². The molecule has 0 saturated carbocycles. The van der Waals surface area contributed by atoms with Gasteiger partial charge in [0.1, 0.15) is 11.6 Å². The number of amides is 1. The van der Waals surface area contributed by atoms with Gasteiger partial charge in [-0.15, -0.1) is 11.8 Å². The number of thioether (sulfide) groups is 1. The highest BCUT2D eigenvalue weighted by Gasteiger charge is 2.30. The highest BCUT2D eigenvalue weighted by atomic mass is 32.2. The van der Waals surface area contributed by atoms with Crippen LogP contribution in [0.15, 0.2) is 58.3 Å². The molecule has 1 amide bonds. The summed E-state index contributed by atoms with van der Waals surface area (Å²) < 4.78 is 45.1. The molecule has 2 aromatic carbocycles. The van der Waals surface area contributed by atoms with Crippen LogP contribution < -0.4 is 4.74 Å². The van der Waals surface area contributed by atoms with Crippen LogP contribution in [0, 0.1) is 5.82 Å². The Morgan fingerprint density at radius 3 is 2.41 bits per heavy atom. The zero-order valence-corrected chi connectivity index (χ0v) is 17.7. The Labute approximate surface area is 174 Å². The van der Waals surface area contributed by atoms with Crippen molar-refractivity contribution < 1.29 is 22.3 Å². The zero-order chi connectivity index (χ0) is 20.9. The number of sulfonamides is 1. The summed E-state index contributed by atoms with van der Waals surface area (Å²) in [7, 11) is -2.14. The maximum atomic E-state index is 13.4. The normalized spacial score (nSPS) is 15.3. The smallest absolute Gasteiger partial charge is 0.243 e. The van der Waals surface area contributed by atoms with Crippen molar-refractivity contribution in [1.29, 1.82) is 0 Å². The van der Waals surface area contributed by atoms with E-state index in [4.69, 9.17) is 4.74 Å². The lowest BCUT2D eigenvalue weighted by atomic mass is 10.3. The van der Waals surface area contributed by atoms with Gasteiger partial charge in [-0.1, -0.05) is 6.07 Å². The van der Waals surface area contributed by atoms with E-state index in [9.17, 15) is 17.6 Å². The number of hydrogen-bond donors (Lipinski definition) is 0. The number of carbonyl (C=O) groups excluding carboxylic acids is 1. The van der Waals surface area contributed by atoms with Crippen molar-refractivity contribution in [2.45, 2.75) is 16.2 Å². The van der Waals surface area contributed by atoms with Gasteiger partial charge in [0.25, 0.3) is 0 Å². The molecule has 3 rings (SSSR count). The molecule has 1 aliphatic rings. The van der Waals surface area contributed by atoms with Crippen molar-refractivity contribution in [2.24, 2.45) is 0 Å². The van der Waals surface area contributed by atoms with Crippen LogP contribution in [0.3, 0.4) is 0 Å². The third kappa shape index (κ3) is 5.49. The van der Waals surface area contributed by atoms with Gasteiger partial charge in [0.05, 0.1) is 12.0 Å². The Morgan fingerprint density at radius 1 is 1.10 bits per heavy atom. The van der Waals surface area contributed by atoms with Crippen LogP contribution in [0.1, 0.15) is 6.42 Å². The molecule has 1 heterocycles. The van der Waals surface area contributed by atoms with Crippen LogP contribution in [-0.2, 0) is 14.8 Å². The van der Waals surface area contributed by atoms with Crippen LogP contribution in [0.25, 0.3) is 0 Å². The fourth-order valence-electron chi connectivity index (χ4n) is 3.04. The molecule has 0 aromatic heterocycles. The Kier molecular flexibility index (Phi) is 7.15. The molecule has 0 radical (unpaired) electrons. The van der Waals surface area contributed by atoms with Crippen LogP contribution >= 0.6 is 11.8 Å². The number of benzene rings is 2. The summed E-state index contributed by atoms with van der Waals surface area (Å²) in [5.74, 6) is 0.854.